The average Bonchev–Trinajstić information content (AvgIpc) is 2.97. The summed E-state index contributed by atoms with van der Waals surface area (Å²) in [6.45, 7) is 1.85. The Morgan fingerprint density at radius 1 is 1.14 bits per heavy atom. The summed E-state index contributed by atoms with van der Waals surface area (Å²) < 4.78 is 10.2. The van der Waals surface area contributed by atoms with Crippen molar-refractivity contribution in [1.29, 1.82) is 0 Å². The zero-order valence-corrected chi connectivity index (χ0v) is 11.4. The lowest BCUT2D eigenvalue weighted by atomic mass is 10.1. The van der Waals surface area contributed by atoms with Gasteiger partial charge in [0.2, 0.25) is 11.7 Å². The molecule has 0 bridgehead atoms. The molecule has 0 aliphatic heterocycles. The van der Waals surface area contributed by atoms with Crippen molar-refractivity contribution in [2.24, 2.45) is 0 Å². The van der Waals surface area contributed by atoms with Crippen LogP contribution in [0.25, 0.3) is 23.0 Å². The molecule has 3 rings (SSSR count). The van der Waals surface area contributed by atoms with Gasteiger partial charge in [0.1, 0.15) is 11.4 Å². The van der Waals surface area contributed by atoms with Gasteiger partial charge in [-0.2, -0.15) is 4.98 Å². The Labute approximate surface area is 120 Å². The minimum atomic E-state index is 0.192. The Morgan fingerprint density at radius 3 is 2.67 bits per heavy atom. The lowest BCUT2D eigenvalue weighted by Crippen LogP contribution is -1.93. The summed E-state index contributed by atoms with van der Waals surface area (Å²) in [4.78, 5) is 4.29. The molecule has 1 aromatic carbocycles. The summed E-state index contributed by atoms with van der Waals surface area (Å²) in [6, 6.07) is 8.29. The first-order valence-electron chi connectivity index (χ1n) is 6.19. The van der Waals surface area contributed by atoms with Crippen molar-refractivity contribution in [1.82, 2.24) is 20.3 Å². The van der Waals surface area contributed by atoms with Crippen LogP contribution < -0.4 is 4.74 Å². The molecule has 0 aliphatic carbocycles. The fourth-order valence-corrected chi connectivity index (χ4v) is 1.87. The zero-order chi connectivity index (χ0) is 14.8. The van der Waals surface area contributed by atoms with Gasteiger partial charge in [0.25, 0.3) is 5.89 Å². The molecule has 7 nitrogen and oxygen atoms in total. The van der Waals surface area contributed by atoms with Crippen molar-refractivity contribution in [3.05, 3.63) is 35.9 Å². The van der Waals surface area contributed by atoms with E-state index < -0.39 is 0 Å². The predicted octanol–water partition coefficient (Wildman–Crippen LogP) is 2.22. The molecule has 0 amide bonds. The summed E-state index contributed by atoms with van der Waals surface area (Å²) in [5.41, 5.74) is 2.08. The van der Waals surface area contributed by atoms with Crippen LogP contribution in [0.4, 0.5) is 0 Å². The van der Waals surface area contributed by atoms with Gasteiger partial charge in [-0.3, -0.25) is 0 Å². The normalized spacial score (nSPS) is 10.6. The molecule has 0 radical (unpaired) electrons. The Morgan fingerprint density at radius 2 is 2.00 bits per heavy atom. The summed E-state index contributed by atoms with van der Waals surface area (Å²) >= 11 is 0. The number of methoxy groups -OCH3 is 1. The number of phenols is 1. The van der Waals surface area contributed by atoms with E-state index in [1.165, 1.54) is 7.11 Å². The standard InChI is InChI=1S/C14H12N4O3/c1-8-7-9(19)3-4-10(8)14-15-13(18-21-14)11-5-6-12(20-2)17-16-11/h3-7,19H,1-2H3. The van der Waals surface area contributed by atoms with Crippen LogP contribution in [0.2, 0.25) is 0 Å². The van der Waals surface area contributed by atoms with Crippen molar-refractivity contribution < 1.29 is 14.4 Å². The molecule has 2 aromatic heterocycles. The van der Waals surface area contributed by atoms with Gasteiger partial charge in [-0.1, -0.05) is 5.16 Å². The second kappa shape index (κ2) is 5.20. The summed E-state index contributed by atoms with van der Waals surface area (Å²) in [5.74, 6) is 1.31. The minimum absolute atomic E-state index is 0.192. The number of rotatable bonds is 3. The first-order chi connectivity index (χ1) is 10.2. The number of benzene rings is 1. The van der Waals surface area contributed by atoms with Crippen molar-refractivity contribution in [2.75, 3.05) is 7.11 Å². The van der Waals surface area contributed by atoms with Crippen molar-refractivity contribution in [3.8, 4) is 34.6 Å². The molecular weight excluding hydrogens is 272 g/mol. The van der Waals surface area contributed by atoms with E-state index in [2.05, 4.69) is 20.3 Å². The van der Waals surface area contributed by atoms with Crippen LogP contribution >= 0.6 is 0 Å². The fraction of sp³-hybridized carbons (Fsp3) is 0.143. The molecule has 7 heteroatoms. The van der Waals surface area contributed by atoms with Gasteiger partial charge >= 0.3 is 0 Å². The molecule has 2 heterocycles. The zero-order valence-electron chi connectivity index (χ0n) is 11.4. The molecule has 0 atom stereocenters. The van der Waals surface area contributed by atoms with Gasteiger partial charge in [-0.25, -0.2) is 0 Å². The highest BCUT2D eigenvalue weighted by Crippen LogP contribution is 2.26. The Bertz CT molecular complexity index is 768. The molecule has 1 N–H and O–H groups in total. The van der Waals surface area contributed by atoms with E-state index >= 15 is 0 Å². The van der Waals surface area contributed by atoms with Crippen LogP contribution in [0, 0.1) is 6.92 Å². The summed E-state index contributed by atoms with van der Waals surface area (Å²) in [5, 5.41) is 21.1. The van der Waals surface area contributed by atoms with E-state index in [1.54, 1.807) is 30.3 Å². The largest absolute Gasteiger partial charge is 0.508 e. The van der Waals surface area contributed by atoms with Crippen LogP contribution in [0.3, 0.4) is 0 Å². The molecule has 3 aromatic rings. The maximum Gasteiger partial charge on any atom is 0.258 e. The second-order valence-electron chi connectivity index (χ2n) is 4.38. The topological polar surface area (TPSA) is 94.2 Å². The molecule has 0 fully saturated rings. The first-order valence-corrected chi connectivity index (χ1v) is 6.19. The highest BCUT2D eigenvalue weighted by atomic mass is 16.5. The molecule has 0 spiro atoms. The lowest BCUT2D eigenvalue weighted by molar-refractivity contribution is 0.392. The summed E-state index contributed by atoms with van der Waals surface area (Å²) in [6.07, 6.45) is 0. The second-order valence-corrected chi connectivity index (χ2v) is 4.38. The average molecular weight is 284 g/mol. The van der Waals surface area contributed by atoms with Crippen LogP contribution in [0.1, 0.15) is 5.56 Å². The Hall–Kier alpha value is -2.96. The third-order valence-corrected chi connectivity index (χ3v) is 2.94. The quantitative estimate of drug-likeness (QED) is 0.787. The van der Waals surface area contributed by atoms with E-state index in [9.17, 15) is 5.11 Å². The van der Waals surface area contributed by atoms with Crippen LogP contribution in [0.5, 0.6) is 11.6 Å². The number of hydrogen-bond donors (Lipinski definition) is 1. The van der Waals surface area contributed by atoms with Crippen molar-refractivity contribution in [2.45, 2.75) is 6.92 Å². The number of nitrogens with zero attached hydrogens (tertiary/aromatic N) is 4. The number of aryl methyl sites for hydroxylation is 1. The van der Waals surface area contributed by atoms with Gasteiger partial charge in [-0.05, 0) is 36.8 Å². The van der Waals surface area contributed by atoms with E-state index in [4.69, 9.17) is 9.26 Å². The smallest absolute Gasteiger partial charge is 0.258 e. The van der Waals surface area contributed by atoms with Gasteiger partial charge in [-0.15, -0.1) is 10.2 Å². The van der Waals surface area contributed by atoms with Crippen LogP contribution in [-0.4, -0.2) is 32.6 Å². The van der Waals surface area contributed by atoms with Gasteiger partial charge < -0.3 is 14.4 Å². The van der Waals surface area contributed by atoms with E-state index in [0.717, 1.165) is 11.1 Å². The van der Waals surface area contributed by atoms with Gasteiger partial charge in [0.15, 0.2) is 0 Å². The lowest BCUT2D eigenvalue weighted by Gasteiger charge is -2.00. The molecule has 0 saturated carbocycles. The number of hydrogen-bond acceptors (Lipinski definition) is 7. The molecule has 0 aliphatic rings. The number of phenolic OH excluding ortho intramolecular Hbond substituents is 1. The SMILES string of the molecule is COc1ccc(-c2noc(-c3ccc(O)cc3C)n2)nn1. The highest BCUT2D eigenvalue weighted by molar-refractivity contribution is 5.62. The third-order valence-electron chi connectivity index (χ3n) is 2.94. The van der Waals surface area contributed by atoms with Crippen LogP contribution in [0.15, 0.2) is 34.9 Å². The molecule has 0 unspecified atom stereocenters. The molecule has 21 heavy (non-hydrogen) atoms. The maximum absolute atomic E-state index is 9.42. The minimum Gasteiger partial charge on any atom is -0.508 e. The number of aromatic nitrogens is 4. The third kappa shape index (κ3) is 2.53. The van der Waals surface area contributed by atoms with Gasteiger partial charge in [0, 0.05) is 11.6 Å². The van der Waals surface area contributed by atoms with E-state index in [0.29, 0.717) is 23.3 Å². The Kier molecular flexibility index (Phi) is 3.23. The highest BCUT2D eigenvalue weighted by Gasteiger charge is 2.14. The molecule has 106 valence electrons. The molecule has 0 saturated heterocycles. The monoisotopic (exact) mass is 284 g/mol. The van der Waals surface area contributed by atoms with E-state index in [1.807, 2.05) is 6.92 Å². The number of aromatic hydroxyl groups is 1. The van der Waals surface area contributed by atoms with Gasteiger partial charge in [0.05, 0.1) is 7.11 Å². The maximum atomic E-state index is 9.42. The van der Waals surface area contributed by atoms with Crippen LogP contribution in [-0.2, 0) is 0 Å². The first kappa shape index (κ1) is 13.0. The van der Waals surface area contributed by atoms with Crippen molar-refractivity contribution >= 4 is 0 Å². The predicted molar refractivity (Wildman–Crippen MR) is 73.7 cm³/mol. The summed E-state index contributed by atoms with van der Waals surface area (Å²) in [7, 11) is 1.52. The van der Waals surface area contributed by atoms with E-state index in [-0.39, 0.29) is 5.75 Å². The Balaban J connectivity index is 1.95. The van der Waals surface area contributed by atoms with Crippen molar-refractivity contribution in [3.63, 3.8) is 0 Å². The fourth-order valence-electron chi connectivity index (χ4n) is 1.87. The number of ether oxygens (including phenoxy) is 1. The molecular formula is C14H12N4O3.